The maximum absolute atomic E-state index is 14.2. The smallest absolute Gasteiger partial charge is 0.478 e. The van der Waals surface area contributed by atoms with Gasteiger partial charge in [-0.3, -0.25) is 9.69 Å². The highest BCUT2D eigenvalue weighted by atomic mass is 35.5. The van der Waals surface area contributed by atoms with Crippen molar-refractivity contribution in [2.75, 3.05) is 19.9 Å². The van der Waals surface area contributed by atoms with Crippen LogP contribution in [-0.2, 0) is 42.9 Å². The van der Waals surface area contributed by atoms with Crippen LogP contribution in [0.25, 0.3) is 16.9 Å². The van der Waals surface area contributed by atoms with Crippen molar-refractivity contribution >= 4 is 35.6 Å². The fourth-order valence-electron chi connectivity index (χ4n) is 4.67. The minimum absolute atomic E-state index is 0.0230. The quantitative estimate of drug-likeness (QED) is 0.0730. The number of aromatic nitrogens is 4. The van der Waals surface area contributed by atoms with Gasteiger partial charge in [0.25, 0.3) is 5.91 Å². The molecule has 2 heterocycles. The lowest BCUT2D eigenvalue weighted by Crippen LogP contribution is -2.43. The first-order valence-electron chi connectivity index (χ1n) is 14.7. The highest BCUT2D eigenvalue weighted by Crippen LogP contribution is 2.49. The largest absolute Gasteiger partial charge is 0.510 e. The number of halogens is 9. The third-order valence-electron chi connectivity index (χ3n) is 7.40. The number of nitriles is 1. The van der Waals surface area contributed by atoms with Crippen molar-refractivity contribution in [2.24, 2.45) is 7.05 Å². The van der Waals surface area contributed by atoms with E-state index >= 15 is 0 Å². The summed E-state index contributed by atoms with van der Waals surface area (Å²) in [6.07, 6.45) is -10.1. The Bertz CT molecular complexity index is 1980. The van der Waals surface area contributed by atoms with Gasteiger partial charge >= 0.3 is 36.4 Å². The first-order chi connectivity index (χ1) is 24.6. The van der Waals surface area contributed by atoms with Crippen LogP contribution in [0.1, 0.15) is 40.9 Å². The fraction of sp³-hybridized carbons (Fsp3) is 0.367. The summed E-state index contributed by atoms with van der Waals surface area (Å²) in [6, 6.07) is 5.56. The monoisotopic (exact) mass is 782 g/mol. The molecule has 0 unspecified atom stereocenters. The number of esters is 1. The second-order valence-corrected chi connectivity index (χ2v) is 11.5. The van der Waals surface area contributed by atoms with Crippen LogP contribution >= 0.6 is 11.6 Å². The molecule has 0 spiro atoms. The summed E-state index contributed by atoms with van der Waals surface area (Å²) >= 11 is 6.28. The minimum Gasteiger partial charge on any atom is -0.478 e. The van der Waals surface area contributed by atoms with Crippen molar-refractivity contribution in [3.63, 3.8) is 0 Å². The van der Waals surface area contributed by atoms with E-state index < -0.39 is 71.6 Å². The number of rotatable bonds is 13. The second kappa shape index (κ2) is 15.1. The molecule has 1 saturated carbocycles. The number of benzene rings is 1. The number of carboxylic acids is 1. The Kier molecular flexibility index (Phi) is 11.4. The van der Waals surface area contributed by atoms with Crippen LogP contribution in [0.2, 0.25) is 5.02 Å². The Morgan fingerprint density at radius 2 is 1.70 bits per heavy atom. The van der Waals surface area contributed by atoms with Gasteiger partial charge in [0, 0.05) is 37.4 Å². The summed E-state index contributed by atoms with van der Waals surface area (Å²) < 4.78 is 125. The number of aliphatic carboxylic acids is 1. The lowest BCUT2D eigenvalue weighted by Gasteiger charge is -2.27. The molecule has 0 radical (unpaired) electrons. The van der Waals surface area contributed by atoms with Gasteiger partial charge in [-0.25, -0.2) is 23.7 Å². The number of carboxylic acid groups (broad SMARTS) is 1. The van der Waals surface area contributed by atoms with Crippen molar-refractivity contribution in [2.45, 2.75) is 43.1 Å². The maximum Gasteiger partial charge on any atom is 0.510 e. The van der Waals surface area contributed by atoms with Gasteiger partial charge in [-0.2, -0.15) is 50.6 Å². The molecular formula is C30H23ClF8N6O8. The van der Waals surface area contributed by atoms with E-state index in [2.05, 4.69) is 10.2 Å². The first-order valence-corrected chi connectivity index (χ1v) is 15.1. The number of hydrogen-bond donors (Lipinski definition) is 1. The van der Waals surface area contributed by atoms with Gasteiger partial charge < -0.3 is 19.3 Å². The van der Waals surface area contributed by atoms with Crippen molar-refractivity contribution in [3.8, 4) is 23.0 Å². The molecule has 284 valence electrons. The molecule has 0 atom stereocenters. The molecule has 53 heavy (non-hydrogen) atoms. The highest BCUT2D eigenvalue weighted by Gasteiger charge is 2.64. The molecule has 0 saturated heterocycles. The molecule has 1 aliphatic rings. The second-order valence-electron chi connectivity index (χ2n) is 11.1. The van der Waals surface area contributed by atoms with Crippen molar-refractivity contribution in [1.82, 2.24) is 24.5 Å². The number of alkyl halides is 8. The van der Waals surface area contributed by atoms with Gasteiger partial charge in [0.2, 0.25) is 0 Å². The molecule has 1 amide bonds. The van der Waals surface area contributed by atoms with E-state index in [-0.39, 0.29) is 58.9 Å². The SMILES string of the molecule is Cn1nc(C(F)(F)C(F)(F)F)c(C(F)(F)F)c1-n1cc(-c2ccc(Cl)c(C(=O)N(COC(=O)OCCCOC(=O)/C=C/C(=O)O)C3(C#N)CC3)c2)cn1. The third-order valence-corrected chi connectivity index (χ3v) is 7.73. The van der Waals surface area contributed by atoms with Gasteiger partial charge in [-0.05, 0) is 30.5 Å². The Hall–Kier alpha value is -5.72. The van der Waals surface area contributed by atoms with Crippen LogP contribution < -0.4 is 0 Å². The summed E-state index contributed by atoms with van der Waals surface area (Å²) in [5.74, 6) is -10.5. The maximum atomic E-state index is 14.2. The van der Waals surface area contributed by atoms with E-state index in [1.165, 1.54) is 12.1 Å². The van der Waals surface area contributed by atoms with E-state index in [0.29, 0.717) is 23.9 Å². The zero-order valence-electron chi connectivity index (χ0n) is 26.7. The van der Waals surface area contributed by atoms with Crippen molar-refractivity contribution in [1.29, 1.82) is 5.26 Å². The van der Waals surface area contributed by atoms with Crippen LogP contribution in [-0.4, -0.2) is 85.2 Å². The molecule has 14 nitrogen and oxygen atoms in total. The van der Waals surface area contributed by atoms with Crippen LogP contribution in [0.15, 0.2) is 42.7 Å². The Balaban J connectivity index is 1.53. The minimum atomic E-state index is -6.41. The fourth-order valence-corrected chi connectivity index (χ4v) is 4.86. The number of carbonyl (C=O) groups is 4. The molecular weight excluding hydrogens is 760 g/mol. The Labute approximate surface area is 296 Å². The normalized spacial score (nSPS) is 14.1. The van der Waals surface area contributed by atoms with Gasteiger partial charge in [0.15, 0.2) is 18.2 Å². The summed E-state index contributed by atoms with van der Waals surface area (Å²) in [5, 5.41) is 24.6. The van der Waals surface area contributed by atoms with Crippen LogP contribution in [0, 0.1) is 11.3 Å². The van der Waals surface area contributed by atoms with Gasteiger partial charge in [0.05, 0.1) is 36.1 Å². The molecule has 1 fully saturated rings. The summed E-state index contributed by atoms with van der Waals surface area (Å²) in [7, 11) is 0.707. The number of ether oxygens (including phenoxy) is 3. The van der Waals surface area contributed by atoms with E-state index in [4.69, 9.17) is 30.9 Å². The number of amides is 1. The molecule has 23 heteroatoms. The lowest BCUT2D eigenvalue weighted by atomic mass is 10.0. The highest BCUT2D eigenvalue weighted by molar-refractivity contribution is 6.34. The zero-order chi connectivity index (χ0) is 39.5. The Morgan fingerprint density at radius 3 is 2.28 bits per heavy atom. The van der Waals surface area contributed by atoms with Gasteiger partial charge in [-0.1, -0.05) is 17.7 Å². The first kappa shape index (κ1) is 40.1. The predicted molar refractivity (Wildman–Crippen MR) is 159 cm³/mol. The number of carbonyl (C=O) groups excluding carboxylic acids is 3. The van der Waals surface area contributed by atoms with E-state index in [0.717, 1.165) is 23.4 Å². The third kappa shape index (κ3) is 8.85. The number of nitrogens with zero attached hydrogens (tertiary/aromatic N) is 6. The van der Waals surface area contributed by atoms with Crippen LogP contribution in [0.4, 0.5) is 39.9 Å². The molecule has 1 aliphatic carbocycles. The number of aryl methyl sites for hydroxylation is 1. The van der Waals surface area contributed by atoms with Gasteiger partial charge in [0.1, 0.15) is 11.1 Å². The molecule has 2 aromatic heterocycles. The number of hydrogen-bond acceptors (Lipinski definition) is 10. The van der Waals surface area contributed by atoms with E-state index in [1.54, 1.807) is 0 Å². The van der Waals surface area contributed by atoms with Gasteiger partial charge in [-0.15, -0.1) is 0 Å². The van der Waals surface area contributed by atoms with Crippen molar-refractivity contribution in [3.05, 3.63) is 64.6 Å². The molecule has 0 aliphatic heterocycles. The molecule has 1 aromatic carbocycles. The summed E-state index contributed by atoms with van der Waals surface area (Å²) in [6.45, 7) is -1.40. The predicted octanol–water partition coefficient (Wildman–Crippen LogP) is 5.78. The average Bonchev–Trinajstić information content (AvgIpc) is 3.53. The Morgan fingerprint density at radius 1 is 1.04 bits per heavy atom. The zero-order valence-corrected chi connectivity index (χ0v) is 27.4. The molecule has 1 N–H and O–H groups in total. The summed E-state index contributed by atoms with van der Waals surface area (Å²) in [4.78, 5) is 48.6. The average molecular weight is 783 g/mol. The molecule has 3 aromatic rings. The van der Waals surface area contributed by atoms with E-state index in [9.17, 15) is 59.6 Å². The lowest BCUT2D eigenvalue weighted by molar-refractivity contribution is -0.292. The topological polar surface area (TPSA) is 179 Å². The van der Waals surface area contributed by atoms with Crippen LogP contribution in [0.5, 0.6) is 0 Å². The van der Waals surface area contributed by atoms with Crippen molar-refractivity contribution < 1.29 is 73.6 Å². The van der Waals surface area contributed by atoms with E-state index in [1.807, 2.05) is 6.07 Å². The molecule has 4 rings (SSSR count). The standard InChI is InChI=1S/C30H23ClF8N6O8/c1-43-24(22(29(34,35)36)23(42-43)28(32,33)30(37,38)39)45-13-17(12-41-45)16-3-4-19(31)18(11-16)25(49)44(27(14-40)7-8-27)15-53-26(50)52-10-2-9-51-21(48)6-5-20(46)47/h3-6,11-13H,2,7-10,15H2,1H3,(H,46,47)/b6-5+. The molecule has 0 bridgehead atoms. The summed E-state index contributed by atoms with van der Waals surface area (Å²) in [5.41, 5.74) is -6.72. The van der Waals surface area contributed by atoms with Crippen LogP contribution in [0.3, 0.4) is 0 Å².